The van der Waals surface area contributed by atoms with Crippen molar-refractivity contribution in [1.29, 1.82) is 0 Å². The van der Waals surface area contributed by atoms with Crippen molar-refractivity contribution in [2.24, 2.45) is 0 Å². The van der Waals surface area contributed by atoms with Crippen LogP contribution in [0.5, 0.6) is 0 Å². The summed E-state index contributed by atoms with van der Waals surface area (Å²) in [7, 11) is 0. The van der Waals surface area contributed by atoms with Crippen LogP contribution in [0.15, 0.2) is 24.3 Å². The highest BCUT2D eigenvalue weighted by molar-refractivity contribution is 5.89. The van der Waals surface area contributed by atoms with Crippen molar-refractivity contribution in [3.05, 3.63) is 35.4 Å². The molecule has 0 aliphatic carbocycles. The predicted octanol–water partition coefficient (Wildman–Crippen LogP) is 0.0673. The summed E-state index contributed by atoms with van der Waals surface area (Å²) in [6.07, 6.45) is 0.0229. The normalized spacial score (nSPS) is 9.71. The molecule has 74 valence electrons. The second-order valence-electron chi connectivity index (χ2n) is 2.83. The number of carbonyl (C=O) groups excluding carboxylic acids is 1. The number of carbonyl (C=O) groups is 2. The Morgan fingerprint density at radius 3 is 2.50 bits per heavy atom. The maximum atomic E-state index is 10.7. The van der Waals surface area contributed by atoms with Gasteiger partial charge in [-0.15, -0.1) is 0 Å². The fourth-order valence-corrected chi connectivity index (χ4v) is 1.18. The van der Waals surface area contributed by atoms with Crippen molar-refractivity contribution >= 4 is 11.9 Å². The minimum atomic E-state index is -1.18. The molecule has 1 aromatic carbocycles. The van der Waals surface area contributed by atoms with Crippen LogP contribution in [0, 0.1) is 0 Å². The van der Waals surface area contributed by atoms with Gasteiger partial charge in [0.1, 0.15) is 0 Å². The smallest absolute Gasteiger partial charge is 0.335 e. The van der Waals surface area contributed by atoms with Gasteiger partial charge >= 0.3 is 5.97 Å². The number of carboxylic acids is 2. The zero-order valence-electron chi connectivity index (χ0n) is 7.40. The number of aromatic carboxylic acids is 1. The lowest BCUT2D eigenvalue weighted by atomic mass is 10.0. The van der Waals surface area contributed by atoms with Crippen LogP contribution in [0.3, 0.4) is 0 Å². The third-order valence-electron chi connectivity index (χ3n) is 1.85. The molecule has 4 heteroatoms. The molecule has 1 N–H and O–H groups in total. The molecule has 0 aliphatic heterocycles. The molecule has 0 bridgehead atoms. The first-order valence-electron chi connectivity index (χ1n) is 4.12. The molecule has 0 atom stereocenters. The zero-order chi connectivity index (χ0) is 10.6. The van der Waals surface area contributed by atoms with E-state index >= 15 is 0 Å². The van der Waals surface area contributed by atoms with E-state index < -0.39 is 11.9 Å². The van der Waals surface area contributed by atoms with Gasteiger partial charge in [-0.25, -0.2) is 4.79 Å². The van der Waals surface area contributed by atoms with Gasteiger partial charge < -0.3 is 15.0 Å². The molecule has 0 saturated heterocycles. The van der Waals surface area contributed by atoms with Crippen molar-refractivity contribution in [2.45, 2.75) is 12.8 Å². The number of aliphatic carboxylic acids is 1. The first-order chi connectivity index (χ1) is 6.61. The Labute approximate surface area is 80.8 Å². The molecule has 4 nitrogen and oxygen atoms in total. The van der Waals surface area contributed by atoms with Crippen molar-refractivity contribution in [3.8, 4) is 0 Å². The molecule has 0 amide bonds. The molecule has 0 aromatic heterocycles. The Balaban J connectivity index is 2.84. The number of rotatable bonds is 4. The lowest BCUT2D eigenvalue weighted by Crippen LogP contribution is -2.22. The third-order valence-corrected chi connectivity index (χ3v) is 1.85. The van der Waals surface area contributed by atoms with Crippen molar-refractivity contribution in [1.82, 2.24) is 0 Å². The van der Waals surface area contributed by atoms with E-state index in [0.717, 1.165) is 0 Å². The molecule has 0 spiro atoms. The standard InChI is InChI=1S/C10H10O4/c11-9(12)6-5-7-3-1-2-4-8(7)10(13)14/h1-4H,5-6H2,(H,11,12)(H,13,14)/p-1. The van der Waals surface area contributed by atoms with Gasteiger partial charge in [0, 0.05) is 5.97 Å². The Hall–Kier alpha value is -1.84. The average Bonchev–Trinajstić information content (AvgIpc) is 2.15. The van der Waals surface area contributed by atoms with Crippen LogP contribution >= 0.6 is 0 Å². The summed E-state index contributed by atoms with van der Waals surface area (Å²) in [4.78, 5) is 20.9. The van der Waals surface area contributed by atoms with Gasteiger partial charge in [-0.2, -0.15) is 0 Å². The molecule has 14 heavy (non-hydrogen) atoms. The van der Waals surface area contributed by atoms with Gasteiger partial charge in [-0.1, -0.05) is 18.2 Å². The number of aryl methyl sites for hydroxylation is 1. The molecule has 0 radical (unpaired) electrons. The van der Waals surface area contributed by atoms with E-state index in [9.17, 15) is 14.7 Å². The summed E-state index contributed by atoms with van der Waals surface area (Å²) in [6.45, 7) is 0. The largest absolute Gasteiger partial charge is 0.550 e. The minimum absolute atomic E-state index is 0.147. The SMILES string of the molecule is O=C([O-])CCc1ccccc1C(=O)O. The summed E-state index contributed by atoms with van der Waals surface area (Å²) in [5, 5.41) is 19.0. The average molecular weight is 193 g/mol. The summed E-state index contributed by atoms with van der Waals surface area (Å²) in [6, 6.07) is 6.34. The number of hydrogen-bond acceptors (Lipinski definition) is 3. The monoisotopic (exact) mass is 193 g/mol. The van der Waals surface area contributed by atoms with Gasteiger partial charge in [0.2, 0.25) is 0 Å². The Morgan fingerprint density at radius 1 is 1.29 bits per heavy atom. The van der Waals surface area contributed by atoms with Crippen molar-refractivity contribution in [2.75, 3.05) is 0 Å². The molecule has 0 unspecified atom stereocenters. The second kappa shape index (κ2) is 4.41. The number of benzene rings is 1. The quantitative estimate of drug-likeness (QED) is 0.733. The first-order valence-corrected chi connectivity index (χ1v) is 4.12. The molecular weight excluding hydrogens is 184 g/mol. The van der Waals surface area contributed by atoms with Crippen LogP contribution in [0.25, 0.3) is 0 Å². The van der Waals surface area contributed by atoms with E-state index in [4.69, 9.17) is 5.11 Å². The number of hydrogen-bond donors (Lipinski definition) is 1. The van der Waals surface area contributed by atoms with Crippen LogP contribution < -0.4 is 5.11 Å². The lowest BCUT2D eigenvalue weighted by molar-refractivity contribution is -0.305. The van der Waals surface area contributed by atoms with E-state index in [1.165, 1.54) is 6.07 Å². The summed E-state index contributed by atoms with van der Waals surface area (Å²) in [5.74, 6) is -2.22. The van der Waals surface area contributed by atoms with Crippen LogP contribution in [0.1, 0.15) is 22.3 Å². The highest BCUT2D eigenvalue weighted by Gasteiger charge is 2.07. The molecular formula is C10H9O4-. The van der Waals surface area contributed by atoms with E-state index in [1.807, 2.05) is 0 Å². The van der Waals surface area contributed by atoms with Gasteiger partial charge in [-0.05, 0) is 24.5 Å². The van der Waals surface area contributed by atoms with E-state index in [1.54, 1.807) is 18.2 Å². The molecule has 1 rings (SSSR count). The second-order valence-corrected chi connectivity index (χ2v) is 2.83. The maximum absolute atomic E-state index is 10.7. The third kappa shape index (κ3) is 2.58. The van der Waals surface area contributed by atoms with E-state index in [0.29, 0.717) is 5.56 Å². The van der Waals surface area contributed by atoms with E-state index in [2.05, 4.69) is 0 Å². The van der Waals surface area contributed by atoms with Gasteiger partial charge in [0.25, 0.3) is 0 Å². The summed E-state index contributed by atoms with van der Waals surface area (Å²) in [5.41, 5.74) is 0.665. The number of carboxylic acid groups (broad SMARTS) is 2. The highest BCUT2D eigenvalue weighted by Crippen LogP contribution is 2.10. The van der Waals surface area contributed by atoms with Crippen molar-refractivity contribution in [3.63, 3.8) is 0 Å². The van der Waals surface area contributed by atoms with Crippen LogP contribution in [0.2, 0.25) is 0 Å². The Kier molecular flexibility index (Phi) is 3.23. The van der Waals surface area contributed by atoms with E-state index in [-0.39, 0.29) is 18.4 Å². The predicted molar refractivity (Wildman–Crippen MR) is 46.7 cm³/mol. The molecule has 0 heterocycles. The molecule has 0 aliphatic rings. The van der Waals surface area contributed by atoms with Gasteiger partial charge in [0.15, 0.2) is 0 Å². The Bertz CT molecular complexity index is 357. The Morgan fingerprint density at radius 2 is 1.93 bits per heavy atom. The molecule has 1 aromatic rings. The zero-order valence-corrected chi connectivity index (χ0v) is 7.40. The van der Waals surface area contributed by atoms with Gasteiger partial charge in [0.05, 0.1) is 5.56 Å². The summed E-state index contributed by atoms with van der Waals surface area (Å²) >= 11 is 0. The molecule has 0 fully saturated rings. The summed E-state index contributed by atoms with van der Waals surface area (Å²) < 4.78 is 0. The molecule has 0 saturated carbocycles. The van der Waals surface area contributed by atoms with Crippen LogP contribution in [-0.2, 0) is 11.2 Å². The topological polar surface area (TPSA) is 77.4 Å². The van der Waals surface area contributed by atoms with Gasteiger partial charge in [-0.3, -0.25) is 0 Å². The fourth-order valence-electron chi connectivity index (χ4n) is 1.18. The highest BCUT2D eigenvalue weighted by atomic mass is 16.4. The van der Waals surface area contributed by atoms with Crippen LogP contribution in [0.4, 0.5) is 0 Å². The minimum Gasteiger partial charge on any atom is -0.550 e. The van der Waals surface area contributed by atoms with Crippen LogP contribution in [-0.4, -0.2) is 17.0 Å². The first kappa shape index (κ1) is 10.2. The fraction of sp³-hybridized carbons (Fsp3) is 0.200. The lowest BCUT2D eigenvalue weighted by Gasteiger charge is -2.05. The van der Waals surface area contributed by atoms with Crippen molar-refractivity contribution < 1.29 is 19.8 Å². The maximum Gasteiger partial charge on any atom is 0.335 e.